The second-order valence-corrected chi connectivity index (χ2v) is 10.9. The first-order valence-corrected chi connectivity index (χ1v) is 13.7. The summed E-state index contributed by atoms with van der Waals surface area (Å²) in [7, 11) is 1.60. The number of fused-ring (bicyclic) bond motifs is 1. The Bertz CT molecular complexity index is 1530. The standard InChI is InChI=1S/C28H20BrIN2O3S/c1-34-24-14-17(15-25-27(33)32-28(36-25)31-23-12-5-4-11-22(23)30)13-21(29)26(24)35-16-19-9-6-8-18-7-2-3-10-20(18)19/h2-15H,16H2,1H3,(H,31,32,33)/b25-15+. The van der Waals surface area contributed by atoms with Crippen LogP contribution in [0.2, 0.25) is 0 Å². The number of para-hydroxylation sites is 1. The summed E-state index contributed by atoms with van der Waals surface area (Å²) in [6.07, 6.45) is 1.82. The number of ether oxygens (including phenoxy) is 2. The molecule has 0 aliphatic carbocycles. The number of halogens is 2. The maximum absolute atomic E-state index is 12.6. The van der Waals surface area contributed by atoms with E-state index in [0.29, 0.717) is 28.2 Å². The van der Waals surface area contributed by atoms with Crippen LogP contribution < -0.4 is 14.8 Å². The van der Waals surface area contributed by atoms with Crippen LogP contribution in [-0.2, 0) is 11.4 Å². The number of hydrogen-bond acceptors (Lipinski definition) is 5. The molecule has 36 heavy (non-hydrogen) atoms. The summed E-state index contributed by atoms with van der Waals surface area (Å²) in [6.45, 7) is 0.396. The largest absolute Gasteiger partial charge is 0.493 e. The van der Waals surface area contributed by atoms with Gasteiger partial charge in [0.25, 0.3) is 5.91 Å². The molecule has 0 spiro atoms. The van der Waals surface area contributed by atoms with Crippen molar-refractivity contribution in [2.24, 2.45) is 4.99 Å². The van der Waals surface area contributed by atoms with E-state index in [4.69, 9.17) is 9.47 Å². The van der Waals surface area contributed by atoms with Crippen LogP contribution in [-0.4, -0.2) is 18.2 Å². The van der Waals surface area contributed by atoms with Crippen molar-refractivity contribution in [3.05, 3.63) is 103 Å². The predicted octanol–water partition coefficient (Wildman–Crippen LogP) is 7.69. The Kier molecular flexibility index (Phi) is 7.64. The fraction of sp³-hybridized carbons (Fsp3) is 0.0714. The Morgan fingerprint density at radius 1 is 1.06 bits per heavy atom. The number of nitrogens with one attached hydrogen (secondary N) is 1. The van der Waals surface area contributed by atoms with Crippen molar-refractivity contribution < 1.29 is 14.3 Å². The van der Waals surface area contributed by atoms with Gasteiger partial charge in [-0.1, -0.05) is 54.6 Å². The van der Waals surface area contributed by atoms with Gasteiger partial charge in [0.2, 0.25) is 0 Å². The molecular formula is C28H20BrIN2O3S. The molecule has 1 fully saturated rings. The fourth-order valence-corrected chi connectivity index (χ4v) is 5.73. The Morgan fingerprint density at radius 3 is 2.67 bits per heavy atom. The number of benzene rings is 4. The molecule has 1 N–H and O–H groups in total. The highest BCUT2D eigenvalue weighted by atomic mass is 127. The molecule has 1 amide bonds. The molecule has 5 nitrogen and oxygen atoms in total. The monoisotopic (exact) mass is 670 g/mol. The molecule has 1 aliphatic heterocycles. The molecule has 4 aromatic carbocycles. The third-order valence-corrected chi connectivity index (χ3v) is 7.94. The first kappa shape index (κ1) is 24.9. The molecule has 0 atom stereocenters. The lowest BCUT2D eigenvalue weighted by Crippen LogP contribution is -2.19. The van der Waals surface area contributed by atoms with E-state index in [-0.39, 0.29) is 5.91 Å². The first-order valence-electron chi connectivity index (χ1n) is 11.0. The number of rotatable bonds is 6. The van der Waals surface area contributed by atoms with Crippen LogP contribution in [0, 0.1) is 3.57 Å². The summed E-state index contributed by atoms with van der Waals surface area (Å²) in [5.74, 6) is 1.00. The van der Waals surface area contributed by atoms with Crippen LogP contribution in [0.4, 0.5) is 5.69 Å². The number of amides is 1. The zero-order chi connectivity index (χ0) is 25.1. The van der Waals surface area contributed by atoms with E-state index >= 15 is 0 Å². The van der Waals surface area contributed by atoms with Gasteiger partial charge in [0.05, 0.1) is 22.2 Å². The third-order valence-electron chi connectivity index (χ3n) is 5.53. The van der Waals surface area contributed by atoms with Crippen LogP contribution >= 0.6 is 50.3 Å². The van der Waals surface area contributed by atoms with Gasteiger partial charge in [-0.05, 0) is 103 Å². The molecule has 1 heterocycles. The van der Waals surface area contributed by atoms with E-state index in [9.17, 15) is 4.79 Å². The van der Waals surface area contributed by atoms with Gasteiger partial charge in [0, 0.05) is 3.57 Å². The molecule has 180 valence electrons. The van der Waals surface area contributed by atoms with E-state index in [1.807, 2.05) is 60.7 Å². The van der Waals surface area contributed by atoms with Gasteiger partial charge >= 0.3 is 0 Å². The number of carbonyl (C=O) groups excluding carboxylic acids is 1. The molecule has 4 aromatic rings. The highest BCUT2D eigenvalue weighted by Gasteiger charge is 2.24. The lowest BCUT2D eigenvalue weighted by Gasteiger charge is -2.15. The Morgan fingerprint density at radius 2 is 1.83 bits per heavy atom. The molecule has 0 unspecified atom stereocenters. The second kappa shape index (κ2) is 11.1. The van der Waals surface area contributed by atoms with Gasteiger partial charge in [-0.15, -0.1) is 0 Å². The van der Waals surface area contributed by atoms with Crippen LogP contribution in [0.1, 0.15) is 11.1 Å². The van der Waals surface area contributed by atoms with E-state index in [1.54, 1.807) is 7.11 Å². The molecule has 0 saturated carbocycles. The molecule has 1 saturated heterocycles. The molecule has 0 aromatic heterocycles. The topological polar surface area (TPSA) is 59.9 Å². The summed E-state index contributed by atoms with van der Waals surface area (Å²) >= 11 is 7.16. The molecule has 1 aliphatic rings. The molecule has 0 radical (unpaired) electrons. The van der Waals surface area contributed by atoms with Gasteiger partial charge in [-0.2, -0.15) is 0 Å². The number of carbonyl (C=O) groups is 1. The molecule has 0 bridgehead atoms. The maximum Gasteiger partial charge on any atom is 0.264 e. The summed E-state index contributed by atoms with van der Waals surface area (Å²) in [5, 5.41) is 5.72. The van der Waals surface area contributed by atoms with Crippen molar-refractivity contribution in [2.45, 2.75) is 6.61 Å². The van der Waals surface area contributed by atoms with Gasteiger partial charge < -0.3 is 14.8 Å². The summed E-state index contributed by atoms with van der Waals surface area (Å²) < 4.78 is 13.6. The zero-order valence-corrected chi connectivity index (χ0v) is 23.7. The minimum atomic E-state index is -0.184. The Hall–Kier alpha value is -2.82. The summed E-state index contributed by atoms with van der Waals surface area (Å²) in [5.41, 5.74) is 2.72. The Balaban J connectivity index is 1.38. The minimum absolute atomic E-state index is 0.184. The third kappa shape index (κ3) is 5.45. The number of amidine groups is 1. The lowest BCUT2D eigenvalue weighted by molar-refractivity contribution is -0.115. The van der Waals surface area contributed by atoms with Crippen molar-refractivity contribution in [3.8, 4) is 11.5 Å². The second-order valence-electron chi connectivity index (χ2n) is 7.89. The highest BCUT2D eigenvalue weighted by molar-refractivity contribution is 14.1. The van der Waals surface area contributed by atoms with Crippen LogP contribution in [0.5, 0.6) is 11.5 Å². The molecular weight excluding hydrogens is 651 g/mol. The van der Waals surface area contributed by atoms with Gasteiger partial charge in [0.1, 0.15) is 6.61 Å². The normalized spacial score (nSPS) is 15.5. The number of hydrogen-bond donors (Lipinski definition) is 1. The number of nitrogens with zero attached hydrogens (tertiary/aromatic N) is 1. The summed E-state index contributed by atoms with van der Waals surface area (Å²) in [4.78, 5) is 17.7. The average Bonchev–Trinajstić information content (AvgIpc) is 3.22. The first-order chi connectivity index (χ1) is 17.5. The van der Waals surface area contributed by atoms with Crippen LogP contribution in [0.25, 0.3) is 16.8 Å². The zero-order valence-electron chi connectivity index (χ0n) is 19.1. The van der Waals surface area contributed by atoms with E-state index in [0.717, 1.165) is 30.2 Å². The Labute approximate surface area is 235 Å². The molecule has 8 heteroatoms. The van der Waals surface area contributed by atoms with Crippen LogP contribution in [0.3, 0.4) is 0 Å². The van der Waals surface area contributed by atoms with Crippen molar-refractivity contribution in [2.75, 3.05) is 7.11 Å². The van der Waals surface area contributed by atoms with Crippen molar-refractivity contribution >= 4 is 83.9 Å². The summed E-state index contributed by atoms with van der Waals surface area (Å²) in [6, 6.07) is 26.0. The smallest absolute Gasteiger partial charge is 0.264 e. The maximum atomic E-state index is 12.6. The number of aliphatic imine (C=N–C) groups is 1. The van der Waals surface area contributed by atoms with Crippen molar-refractivity contribution in [1.29, 1.82) is 0 Å². The van der Waals surface area contributed by atoms with E-state index in [1.165, 1.54) is 17.1 Å². The average molecular weight is 671 g/mol. The van der Waals surface area contributed by atoms with Crippen molar-refractivity contribution in [3.63, 3.8) is 0 Å². The van der Waals surface area contributed by atoms with Crippen molar-refractivity contribution in [1.82, 2.24) is 5.32 Å². The number of thioether (sulfide) groups is 1. The predicted molar refractivity (Wildman–Crippen MR) is 159 cm³/mol. The van der Waals surface area contributed by atoms with Gasteiger partial charge in [-0.3, -0.25) is 4.79 Å². The molecule has 5 rings (SSSR count). The minimum Gasteiger partial charge on any atom is -0.493 e. The van der Waals surface area contributed by atoms with E-state index < -0.39 is 0 Å². The fourth-order valence-electron chi connectivity index (χ4n) is 3.82. The van der Waals surface area contributed by atoms with Gasteiger partial charge in [-0.25, -0.2) is 4.99 Å². The highest BCUT2D eigenvalue weighted by Crippen LogP contribution is 2.39. The number of methoxy groups -OCH3 is 1. The van der Waals surface area contributed by atoms with Crippen LogP contribution in [0.15, 0.2) is 93.2 Å². The van der Waals surface area contributed by atoms with E-state index in [2.05, 4.69) is 73.1 Å². The van der Waals surface area contributed by atoms with Gasteiger partial charge in [0.15, 0.2) is 16.7 Å². The SMILES string of the molecule is COc1cc(/C=C2/SC(=Nc3ccccc3I)NC2=O)cc(Br)c1OCc1cccc2ccccc12. The quantitative estimate of drug-likeness (QED) is 0.169. The lowest BCUT2D eigenvalue weighted by atomic mass is 10.1.